The van der Waals surface area contributed by atoms with E-state index in [9.17, 15) is 24.3 Å². The first-order valence-electron chi connectivity index (χ1n) is 12.4. The quantitative estimate of drug-likeness (QED) is 0.262. The van der Waals surface area contributed by atoms with Crippen LogP contribution >= 0.6 is 11.6 Å². The number of nitrogens with one attached hydrogen (secondary N) is 2. The number of carbonyl (C=O) groups is 4. The van der Waals surface area contributed by atoms with Crippen molar-refractivity contribution in [3.05, 3.63) is 58.5 Å². The third-order valence-corrected chi connectivity index (χ3v) is 6.56. The average molecular weight is 582 g/mol. The zero-order chi connectivity index (χ0) is 30.2. The van der Waals surface area contributed by atoms with Gasteiger partial charge >= 0.3 is 5.97 Å². The fourth-order valence-electron chi connectivity index (χ4n) is 4.06. The van der Waals surface area contributed by atoms with Gasteiger partial charge < -0.3 is 20.5 Å². The molecule has 0 aliphatic carbocycles. The van der Waals surface area contributed by atoms with E-state index in [0.29, 0.717) is 10.9 Å². The second kappa shape index (κ2) is 11.0. The summed E-state index contributed by atoms with van der Waals surface area (Å²) in [5.74, 6) is -3.24. The van der Waals surface area contributed by atoms with Gasteiger partial charge in [-0.3, -0.25) is 19.2 Å². The molecule has 14 heteroatoms. The van der Waals surface area contributed by atoms with E-state index < -0.39 is 29.1 Å². The summed E-state index contributed by atoms with van der Waals surface area (Å²) in [6, 6.07) is 5.92. The van der Waals surface area contributed by atoms with Gasteiger partial charge in [0.05, 0.1) is 35.1 Å². The number of carboxylic acid groups (broad SMARTS) is 1. The number of ether oxygens (including phenoxy) is 1. The maximum Gasteiger partial charge on any atom is 0.318 e. The molecule has 1 aromatic carbocycles. The number of benzene rings is 1. The summed E-state index contributed by atoms with van der Waals surface area (Å²) in [5, 5.41) is 24.2. The molecule has 13 nitrogen and oxygen atoms in total. The minimum atomic E-state index is -1.86. The number of methoxy groups -OCH3 is 1. The Kier molecular flexibility index (Phi) is 7.84. The highest BCUT2D eigenvalue weighted by molar-refractivity contribution is 6.32. The van der Waals surface area contributed by atoms with Crippen LogP contribution in [0.1, 0.15) is 58.9 Å². The lowest BCUT2D eigenvalue weighted by Gasteiger charge is -2.20. The number of nitrogens with zero attached hydrogens (tertiary/aromatic N) is 5. The molecule has 41 heavy (non-hydrogen) atoms. The van der Waals surface area contributed by atoms with Crippen LogP contribution in [-0.2, 0) is 4.79 Å². The lowest BCUT2D eigenvalue weighted by Crippen LogP contribution is -2.38. The molecule has 214 valence electrons. The Labute approximate surface area is 239 Å². The van der Waals surface area contributed by atoms with E-state index in [1.807, 2.05) is 0 Å². The number of hydrogen-bond acceptors (Lipinski definition) is 8. The van der Waals surface area contributed by atoms with Gasteiger partial charge in [-0.1, -0.05) is 11.6 Å². The van der Waals surface area contributed by atoms with Crippen molar-refractivity contribution < 1.29 is 29.0 Å². The summed E-state index contributed by atoms with van der Waals surface area (Å²) in [4.78, 5) is 56.8. The molecule has 4 aromatic rings. The van der Waals surface area contributed by atoms with Gasteiger partial charge in [0, 0.05) is 23.7 Å². The number of amides is 2. The fraction of sp³-hybridized carbons (Fsp3) is 0.296. The molecule has 0 radical (unpaired) electrons. The van der Waals surface area contributed by atoms with Gasteiger partial charge in [-0.15, -0.1) is 5.10 Å². The van der Waals surface area contributed by atoms with Crippen molar-refractivity contribution >= 4 is 51.9 Å². The monoisotopic (exact) mass is 581 g/mol. The van der Waals surface area contributed by atoms with Crippen LogP contribution in [0.15, 0.2) is 36.7 Å². The Morgan fingerprint density at radius 2 is 1.85 bits per heavy atom. The molecule has 0 aliphatic rings. The van der Waals surface area contributed by atoms with E-state index in [1.165, 1.54) is 44.1 Å². The van der Waals surface area contributed by atoms with Crippen LogP contribution in [0.25, 0.3) is 16.7 Å². The highest BCUT2D eigenvalue weighted by Crippen LogP contribution is 2.33. The predicted molar refractivity (Wildman–Crippen MR) is 150 cm³/mol. The fourth-order valence-corrected chi connectivity index (χ4v) is 4.26. The summed E-state index contributed by atoms with van der Waals surface area (Å²) in [6.45, 7) is 7.66. The van der Waals surface area contributed by atoms with E-state index in [1.54, 1.807) is 39.0 Å². The largest absolute Gasteiger partial charge is 0.480 e. The normalized spacial score (nSPS) is 11.5. The molecule has 0 aliphatic heterocycles. The van der Waals surface area contributed by atoms with Crippen molar-refractivity contribution in [3.8, 4) is 11.7 Å². The van der Waals surface area contributed by atoms with E-state index >= 15 is 0 Å². The van der Waals surface area contributed by atoms with Gasteiger partial charge in [-0.25, -0.2) is 9.67 Å². The number of anilines is 1. The molecule has 3 N–H and O–H groups in total. The minimum absolute atomic E-state index is 0.00578. The number of aryl methyl sites for hydroxylation is 1. The summed E-state index contributed by atoms with van der Waals surface area (Å²) in [7, 11) is 1.39. The van der Waals surface area contributed by atoms with E-state index in [2.05, 4.69) is 25.8 Å². The molecule has 0 bridgehead atoms. The van der Waals surface area contributed by atoms with Crippen LogP contribution in [-0.4, -0.2) is 66.5 Å². The molecule has 2 amide bonds. The second-order valence-electron chi connectivity index (χ2n) is 10.0. The van der Waals surface area contributed by atoms with Crippen molar-refractivity contribution in [3.63, 3.8) is 0 Å². The Hall–Kier alpha value is -4.78. The lowest BCUT2D eigenvalue weighted by molar-refractivity contribution is -0.144. The number of aliphatic carboxylic acids is 1. The van der Waals surface area contributed by atoms with E-state index in [4.69, 9.17) is 16.3 Å². The van der Waals surface area contributed by atoms with Crippen LogP contribution in [0.5, 0.6) is 5.88 Å². The summed E-state index contributed by atoms with van der Waals surface area (Å²) in [5.41, 5.74) is -1.32. The highest BCUT2D eigenvalue weighted by Gasteiger charge is 2.39. The van der Waals surface area contributed by atoms with Crippen LogP contribution in [0, 0.1) is 12.3 Å². The maximum absolute atomic E-state index is 13.7. The number of rotatable bonds is 8. The van der Waals surface area contributed by atoms with Crippen molar-refractivity contribution in [2.75, 3.05) is 12.4 Å². The van der Waals surface area contributed by atoms with Crippen molar-refractivity contribution in [1.82, 2.24) is 29.9 Å². The topological polar surface area (TPSA) is 170 Å². The Bertz CT molecular complexity index is 1710. The molecule has 0 saturated heterocycles. The standard InChI is InChI=1S/C27H28ClN7O6/c1-13(2)31-24(37)19-20(14(3)10-15-12-30-35(21(15)19)25(38)27(4,5)26(39)40)32-23(36)17-11-18(41-6)33-34(17)22-16(28)8-7-9-29-22/h7-13H,1-6H3,(H,31,37)(H,32,36)(H,39,40). The summed E-state index contributed by atoms with van der Waals surface area (Å²) >= 11 is 6.32. The van der Waals surface area contributed by atoms with Crippen molar-refractivity contribution in [2.24, 2.45) is 5.41 Å². The van der Waals surface area contributed by atoms with Crippen LogP contribution in [0.3, 0.4) is 0 Å². The summed E-state index contributed by atoms with van der Waals surface area (Å²) < 4.78 is 7.32. The SMILES string of the molecule is COc1cc(C(=O)Nc2c(C)cc3cnn(C(=O)C(C)(C)C(=O)O)c3c2C(=O)NC(C)C)n(-c2ncccc2Cl)n1. The number of aromatic nitrogens is 5. The highest BCUT2D eigenvalue weighted by atomic mass is 35.5. The minimum Gasteiger partial charge on any atom is -0.480 e. The first kappa shape index (κ1) is 29.2. The number of carboxylic acids is 1. The van der Waals surface area contributed by atoms with Gasteiger partial charge in [0.1, 0.15) is 11.1 Å². The van der Waals surface area contributed by atoms with Gasteiger partial charge in [-0.2, -0.15) is 9.78 Å². The first-order chi connectivity index (χ1) is 19.3. The Morgan fingerprint density at radius 3 is 2.46 bits per heavy atom. The smallest absolute Gasteiger partial charge is 0.318 e. The molecule has 0 fully saturated rings. The van der Waals surface area contributed by atoms with Crippen LogP contribution in [0.2, 0.25) is 5.02 Å². The number of pyridine rings is 1. The maximum atomic E-state index is 13.7. The molecule has 4 rings (SSSR count). The first-order valence-corrected chi connectivity index (χ1v) is 12.8. The molecule has 0 unspecified atom stereocenters. The molecule has 3 heterocycles. The van der Waals surface area contributed by atoms with Crippen molar-refractivity contribution in [1.29, 1.82) is 0 Å². The summed E-state index contributed by atoms with van der Waals surface area (Å²) in [6.07, 6.45) is 2.85. The van der Waals surface area contributed by atoms with Crippen molar-refractivity contribution in [2.45, 2.75) is 40.7 Å². The van der Waals surface area contributed by atoms with Gasteiger partial charge in [0.2, 0.25) is 5.88 Å². The molecule has 3 aromatic heterocycles. The third-order valence-electron chi connectivity index (χ3n) is 6.27. The number of fused-ring (bicyclic) bond motifs is 1. The number of halogens is 1. The van der Waals surface area contributed by atoms with Crippen LogP contribution < -0.4 is 15.4 Å². The Balaban J connectivity index is 1.92. The molecule has 0 atom stereocenters. The average Bonchev–Trinajstić information content (AvgIpc) is 3.52. The van der Waals surface area contributed by atoms with Gasteiger partial charge in [0.15, 0.2) is 5.82 Å². The Morgan fingerprint density at radius 1 is 1.15 bits per heavy atom. The van der Waals surface area contributed by atoms with Gasteiger partial charge in [0.25, 0.3) is 17.7 Å². The predicted octanol–water partition coefficient (Wildman–Crippen LogP) is 3.73. The molecule has 0 spiro atoms. The third kappa shape index (κ3) is 5.35. The van der Waals surface area contributed by atoms with Gasteiger partial charge in [-0.05, 0) is 58.4 Å². The molecular weight excluding hydrogens is 554 g/mol. The second-order valence-corrected chi connectivity index (χ2v) is 10.5. The van der Waals surface area contributed by atoms with Crippen LogP contribution in [0.4, 0.5) is 5.69 Å². The zero-order valence-electron chi connectivity index (χ0n) is 23.1. The van der Waals surface area contributed by atoms with E-state index in [-0.39, 0.29) is 45.2 Å². The molecule has 0 saturated carbocycles. The number of hydrogen-bond donors (Lipinski definition) is 3. The molecular formula is C27H28ClN7O6. The van der Waals surface area contributed by atoms with E-state index in [0.717, 1.165) is 4.68 Å². The number of carbonyl (C=O) groups excluding carboxylic acids is 3. The zero-order valence-corrected chi connectivity index (χ0v) is 23.9. The lowest BCUT2D eigenvalue weighted by atomic mass is 9.92.